The fraction of sp³-hybridized carbons (Fsp3) is 0.462. The van der Waals surface area contributed by atoms with Crippen molar-refractivity contribution in [1.82, 2.24) is 10.4 Å². The molecule has 2 rings (SSSR count). The first kappa shape index (κ1) is 23.7. The Labute approximate surface area is 181 Å². The van der Waals surface area contributed by atoms with E-state index in [0.29, 0.717) is 11.1 Å². The summed E-state index contributed by atoms with van der Waals surface area (Å²) in [5, 5.41) is 1.56. The second-order valence-electron chi connectivity index (χ2n) is 9.21. The highest BCUT2D eigenvalue weighted by Crippen LogP contribution is 2.29. The van der Waals surface area contributed by atoms with Crippen LogP contribution in [0.3, 0.4) is 0 Å². The van der Waals surface area contributed by atoms with Crippen LogP contribution in [0.15, 0.2) is 42.5 Å². The summed E-state index contributed by atoms with van der Waals surface area (Å²) in [4.78, 5) is 26.6. The Morgan fingerprint density at radius 2 is 1.50 bits per heavy atom. The second kappa shape index (κ2) is 9.92. The van der Waals surface area contributed by atoms with Crippen molar-refractivity contribution in [3.05, 3.63) is 70.3 Å². The highest BCUT2D eigenvalue weighted by Gasteiger charge is 2.35. The Bertz CT molecular complexity index is 859. The Balaban J connectivity index is 2.43. The monoisotopic (exact) mass is 408 g/mol. The molecule has 2 amide bonds. The number of hydrazine groups is 1. The third kappa shape index (κ3) is 5.94. The highest BCUT2D eigenvalue weighted by molar-refractivity contribution is 5.99. The number of amides is 2. The van der Waals surface area contributed by atoms with E-state index in [1.54, 1.807) is 5.01 Å². The van der Waals surface area contributed by atoms with Gasteiger partial charge in [-0.2, -0.15) is 0 Å². The lowest BCUT2D eigenvalue weighted by molar-refractivity contribution is 0.0271. The van der Waals surface area contributed by atoms with E-state index < -0.39 is 0 Å². The highest BCUT2D eigenvalue weighted by atomic mass is 16.2. The molecule has 0 spiro atoms. The zero-order valence-electron chi connectivity index (χ0n) is 19.5. The van der Waals surface area contributed by atoms with E-state index in [1.807, 2.05) is 56.3 Å². The molecule has 1 N–H and O–H groups in total. The normalized spacial score (nSPS) is 12.4. The summed E-state index contributed by atoms with van der Waals surface area (Å²) in [7, 11) is 0. The van der Waals surface area contributed by atoms with Gasteiger partial charge in [-0.15, -0.1) is 0 Å². The van der Waals surface area contributed by atoms with Gasteiger partial charge in [0.05, 0.1) is 6.04 Å². The summed E-state index contributed by atoms with van der Waals surface area (Å²) >= 11 is 0. The Morgan fingerprint density at radius 1 is 0.933 bits per heavy atom. The molecule has 0 saturated carbocycles. The van der Waals surface area contributed by atoms with Crippen LogP contribution in [-0.2, 0) is 6.42 Å². The summed E-state index contributed by atoms with van der Waals surface area (Å²) in [6.45, 7) is 14.5. The first-order chi connectivity index (χ1) is 14.1. The molecule has 0 bridgehead atoms. The minimum atomic E-state index is -0.263. The predicted octanol–water partition coefficient (Wildman–Crippen LogP) is 5.87. The van der Waals surface area contributed by atoms with E-state index in [4.69, 9.17) is 0 Å². The summed E-state index contributed by atoms with van der Waals surface area (Å²) < 4.78 is 0. The van der Waals surface area contributed by atoms with Crippen molar-refractivity contribution in [2.24, 2.45) is 5.41 Å². The molecule has 0 heterocycles. The van der Waals surface area contributed by atoms with Gasteiger partial charge in [-0.3, -0.25) is 15.0 Å². The number of nitrogens with zero attached hydrogens (tertiary/aromatic N) is 1. The first-order valence-electron chi connectivity index (χ1n) is 10.9. The molecule has 1 unspecified atom stereocenters. The molecule has 2 aromatic rings. The third-order valence-electron chi connectivity index (χ3n) is 5.41. The van der Waals surface area contributed by atoms with Gasteiger partial charge in [-0.25, -0.2) is 5.01 Å². The van der Waals surface area contributed by atoms with Crippen LogP contribution in [0, 0.1) is 19.3 Å². The molecule has 30 heavy (non-hydrogen) atoms. The Kier molecular flexibility index (Phi) is 7.83. The van der Waals surface area contributed by atoms with Crippen LogP contribution in [0.5, 0.6) is 0 Å². The number of hydrogen-bond donors (Lipinski definition) is 1. The van der Waals surface area contributed by atoms with E-state index in [-0.39, 0.29) is 23.3 Å². The SMILES string of the molecule is CCCC(N(NC(=O)c1ccc(CC)cc1)C(=O)c1cc(C)cc(C)c1)C(C)(C)C. The molecular weight excluding hydrogens is 372 g/mol. The number of hydrogen-bond acceptors (Lipinski definition) is 2. The maximum Gasteiger partial charge on any atom is 0.272 e. The fourth-order valence-corrected chi connectivity index (χ4v) is 3.80. The molecule has 0 aliphatic heterocycles. The van der Waals surface area contributed by atoms with Crippen molar-refractivity contribution in [3.8, 4) is 0 Å². The smallest absolute Gasteiger partial charge is 0.267 e. The van der Waals surface area contributed by atoms with Gasteiger partial charge in [0.1, 0.15) is 0 Å². The fourth-order valence-electron chi connectivity index (χ4n) is 3.80. The van der Waals surface area contributed by atoms with E-state index >= 15 is 0 Å². The molecule has 0 fully saturated rings. The van der Waals surface area contributed by atoms with Crippen LogP contribution in [0.1, 0.15) is 84.9 Å². The molecule has 0 saturated heterocycles. The van der Waals surface area contributed by atoms with Crippen LogP contribution in [0.2, 0.25) is 0 Å². The Hall–Kier alpha value is -2.62. The summed E-state index contributed by atoms with van der Waals surface area (Å²) in [6, 6.07) is 13.2. The standard InChI is InChI=1S/C26H36N2O2/c1-8-10-23(26(5,6)7)28(25(30)22-16-18(3)15-19(4)17-22)27-24(29)21-13-11-20(9-2)12-14-21/h11-17,23H,8-10H2,1-7H3,(H,27,29). The van der Waals surface area contributed by atoms with E-state index in [2.05, 4.69) is 40.0 Å². The number of nitrogens with one attached hydrogen (secondary N) is 1. The minimum absolute atomic E-state index is 0.130. The lowest BCUT2D eigenvalue weighted by Gasteiger charge is -2.40. The summed E-state index contributed by atoms with van der Waals surface area (Å²) in [6.07, 6.45) is 2.64. The summed E-state index contributed by atoms with van der Waals surface area (Å²) in [5.74, 6) is -0.436. The number of carbonyl (C=O) groups excluding carboxylic acids is 2. The number of carbonyl (C=O) groups is 2. The Morgan fingerprint density at radius 3 is 1.97 bits per heavy atom. The van der Waals surface area contributed by atoms with Crippen LogP contribution in [0.25, 0.3) is 0 Å². The van der Waals surface area contributed by atoms with Crippen molar-refractivity contribution in [2.45, 2.75) is 73.8 Å². The molecule has 1 atom stereocenters. The van der Waals surface area contributed by atoms with Gasteiger partial charge < -0.3 is 0 Å². The largest absolute Gasteiger partial charge is 0.272 e. The second-order valence-corrected chi connectivity index (χ2v) is 9.21. The minimum Gasteiger partial charge on any atom is -0.267 e. The summed E-state index contributed by atoms with van der Waals surface area (Å²) in [5.41, 5.74) is 7.14. The van der Waals surface area contributed by atoms with Gasteiger partial charge in [0.2, 0.25) is 0 Å². The van der Waals surface area contributed by atoms with Gasteiger partial charge in [0, 0.05) is 11.1 Å². The van der Waals surface area contributed by atoms with Gasteiger partial charge in [-0.05, 0) is 61.9 Å². The van der Waals surface area contributed by atoms with Crippen molar-refractivity contribution in [3.63, 3.8) is 0 Å². The van der Waals surface area contributed by atoms with E-state index in [9.17, 15) is 9.59 Å². The zero-order valence-corrected chi connectivity index (χ0v) is 19.5. The maximum atomic E-state index is 13.6. The van der Waals surface area contributed by atoms with Gasteiger partial charge in [0.15, 0.2) is 0 Å². The molecule has 0 aliphatic rings. The molecular formula is C26H36N2O2. The predicted molar refractivity (Wildman–Crippen MR) is 124 cm³/mol. The van der Waals surface area contributed by atoms with Crippen molar-refractivity contribution >= 4 is 11.8 Å². The molecule has 2 aromatic carbocycles. The molecule has 4 heteroatoms. The van der Waals surface area contributed by atoms with Crippen LogP contribution in [0.4, 0.5) is 0 Å². The van der Waals surface area contributed by atoms with Gasteiger partial charge in [0.25, 0.3) is 11.8 Å². The molecule has 0 aromatic heterocycles. The number of aryl methyl sites for hydroxylation is 3. The van der Waals surface area contributed by atoms with Crippen LogP contribution >= 0.6 is 0 Å². The topological polar surface area (TPSA) is 49.4 Å². The van der Waals surface area contributed by atoms with E-state index in [1.165, 1.54) is 5.56 Å². The van der Waals surface area contributed by atoms with E-state index in [0.717, 1.165) is 30.4 Å². The first-order valence-corrected chi connectivity index (χ1v) is 10.9. The third-order valence-corrected chi connectivity index (χ3v) is 5.41. The average molecular weight is 409 g/mol. The van der Waals surface area contributed by atoms with Gasteiger partial charge >= 0.3 is 0 Å². The van der Waals surface area contributed by atoms with Crippen molar-refractivity contribution in [1.29, 1.82) is 0 Å². The van der Waals surface area contributed by atoms with Crippen molar-refractivity contribution in [2.75, 3.05) is 0 Å². The van der Waals surface area contributed by atoms with Crippen molar-refractivity contribution < 1.29 is 9.59 Å². The quantitative estimate of drug-likeness (QED) is 0.608. The molecule has 4 nitrogen and oxygen atoms in total. The number of benzene rings is 2. The van der Waals surface area contributed by atoms with Gasteiger partial charge in [-0.1, -0.05) is 70.4 Å². The molecule has 0 radical (unpaired) electrons. The number of rotatable bonds is 6. The van der Waals surface area contributed by atoms with Crippen LogP contribution < -0.4 is 5.43 Å². The molecule has 162 valence electrons. The van der Waals surface area contributed by atoms with Crippen LogP contribution in [-0.4, -0.2) is 22.9 Å². The lowest BCUT2D eigenvalue weighted by Crippen LogP contribution is -2.56. The lowest BCUT2D eigenvalue weighted by atomic mass is 9.83. The average Bonchev–Trinajstić information content (AvgIpc) is 2.68. The molecule has 0 aliphatic carbocycles. The maximum absolute atomic E-state index is 13.6. The zero-order chi connectivity index (χ0) is 22.5.